The fourth-order valence-electron chi connectivity index (χ4n) is 5.27. The Morgan fingerprint density at radius 1 is 1.14 bits per heavy atom. The number of rotatable bonds is 10. The predicted molar refractivity (Wildman–Crippen MR) is 152 cm³/mol. The van der Waals surface area contributed by atoms with Crippen LogP contribution in [-0.4, -0.2) is 48.9 Å². The first-order valence-electron chi connectivity index (χ1n) is 13.0. The lowest BCUT2D eigenvalue weighted by Gasteiger charge is -2.43. The summed E-state index contributed by atoms with van der Waals surface area (Å²) in [6, 6.07) is 17.1. The van der Waals surface area contributed by atoms with Gasteiger partial charge in [-0.05, 0) is 59.9 Å². The maximum absolute atomic E-state index is 11.1. The summed E-state index contributed by atoms with van der Waals surface area (Å²) in [4.78, 5) is 6.83. The van der Waals surface area contributed by atoms with Crippen molar-refractivity contribution >= 4 is 16.8 Å². The van der Waals surface area contributed by atoms with Gasteiger partial charge < -0.3 is 19.5 Å². The number of aliphatic hydroxyl groups is 1. The fourth-order valence-corrected chi connectivity index (χ4v) is 5.27. The predicted octanol–water partition coefficient (Wildman–Crippen LogP) is 6.45. The van der Waals surface area contributed by atoms with E-state index in [1.165, 1.54) is 16.3 Å². The highest BCUT2D eigenvalue weighted by molar-refractivity contribution is 5.87. The molecule has 1 aliphatic rings. The number of ether oxygens (including phenoxy) is 2. The number of allylic oxidation sites excluding steroid dienone is 3. The number of hydrogen-bond donors (Lipinski definition) is 1. The Hall–Kier alpha value is -3.57. The number of aromatic nitrogens is 1. The van der Waals surface area contributed by atoms with Gasteiger partial charge in [0.15, 0.2) is 0 Å². The maximum Gasteiger partial charge on any atom is 0.217 e. The van der Waals surface area contributed by atoms with Crippen molar-refractivity contribution in [3.05, 3.63) is 102 Å². The molecular formula is C32H38N2O3. The molecule has 3 unspecified atom stereocenters. The van der Waals surface area contributed by atoms with Crippen LogP contribution >= 0.6 is 0 Å². The molecule has 4 rings (SSSR count). The molecule has 5 heteroatoms. The summed E-state index contributed by atoms with van der Waals surface area (Å²) in [7, 11) is 5.78. The average molecular weight is 499 g/mol. The number of aliphatic hydroxyl groups excluding tert-OH is 1. The molecule has 194 valence electrons. The van der Waals surface area contributed by atoms with Crippen LogP contribution in [0.15, 0.2) is 84.9 Å². The van der Waals surface area contributed by atoms with Gasteiger partial charge in [-0.1, -0.05) is 61.5 Å². The molecule has 37 heavy (non-hydrogen) atoms. The van der Waals surface area contributed by atoms with Crippen LogP contribution in [0.2, 0.25) is 0 Å². The first-order chi connectivity index (χ1) is 17.9. The van der Waals surface area contributed by atoms with Gasteiger partial charge in [-0.3, -0.25) is 0 Å². The topological polar surface area (TPSA) is 54.8 Å². The zero-order valence-corrected chi connectivity index (χ0v) is 22.5. The molecule has 0 amide bonds. The van der Waals surface area contributed by atoms with Crippen LogP contribution in [0.3, 0.4) is 0 Å². The van der Waals surface area contributed by atoms with Crippen molar-refractivity contribution in [2.75, 3.05) is 27.8 Å². The maximum atomic E-state index is 11.1. The van der Waals surface area contributed by atoms with Gasteiger partial charge in [-0.25, -0.2) is 4.98 Å². The van der Waals surface area contributed by atoms with E-state index in [4.69, 9.17) is 14.5 Å². The molecule has 0 fully saturated rings. The van der Waals surface area contributed by atoms with E-state index >= 15 is 0 Å². The quantitative estimate of drug-likeness (QED) is 0.326. The largest absolute Gasteiger partial charge is 0.501 e. The molecule has 0 aliphatic heterocycles. The second-order valence-electron chi connectivity index (χ2n) is 9.76. The van der Waals surface area contributed by atoms with Gasteiger partial charge in [0.25, 0.3) is 0 Å². The third-order valence-corrected chi connectivity index (χ3v) is 7.25. The number of fused-ring (bicyclic) bond motifs is 1. The van der Waals surface area contributed by atoms with Crippen LogP contribution in [0.25, 0.3) is 16.8 Å². The van der Waals surface area contributed by atoms with Gasteiger partial charge in [0, 0.05) is 42.9 Å². The van der Waals surface area contributed by atoms with E-state index in [0.29, 0.717) is 25.3 Å². The van der Waals surface area contributed by atoms with E-state index in [2.05, 4.69) is 85.8 Å². The minimum Gasteiger partial charge on any atom is -0.501 e. The van der Waals surface area contributed by atoms with Crippen molar-refractivity contribution < 1.29 is 14.6 Å². The Morgan fingerprint density at radius 3 is 2.65 bits per heavy atom. The molecule has 1 heterocycles. The lowest BCUT2D eigenvalue weighted by atomic mass is 9.62. The van der Waals surface area contributed by atoms with Crippen molar-refractivity contribution in [1.82, 2.24) is 9.88 Å². The normalized spacial score (nSPS) is 20.2. The van der Waals surface area contributed by atoms with E-state index in [1.54, 1.807) is 19.6 Å². The molecule has 1 aliphatic carbocycles. The van der Waals surface area contributed by atoms with Crippen molar-refractivity contribution in [1.29, 1.82) is 0 Å². The highest BCUT2D eigenvalue weighted by Gasteiger charge is 2.44. The van der Waals surface area contributed by atoms with Crippen molar-refractivity contribution in [3.8, 4) is 5.88 Å². The molecule has 3 aromatic rings. The van der Waals surface area contributed by atoms with Crippen LogP contribution in [0, 0.1) is 0 Å². The molecule has 1 aromatic heterocycles. The molecule has 0 saturated heterocycles. The second-order valence-corrected chi connectivity index (χ2v) is 9.76. The van der Waals surface area contributed by atoms with E-state index < -0.39 is 11.5 Å². The Labute approximate surface area is 220 Å². The molecule has 1 N–H and O–H groups in total. The molecule has 3 atom stereocenters. The second kappa shape index (κ2) is 11.7. The zero-order chi connectivity index (χ0) is 26.4. The molecule has 0 saturated carbocycles. The number of benzene rings is 2. The minimum atomic E-state index is -0.590. The number of pyridine rings is 1. The molecule has 0 radical (unpaired) electrons. The number of likely N-dealkylation sites (N-methyl/N-ethyl adjacent to an activating group) is 1. The Balaban J connectivity index is 2.02. The van der Waals surface area contributed by atoms with E-state index in [9.17, 15) is 5.11 Å². The average Bonchev–Trinajstić information content (AvgIpc) is 2.92. The molecular weight excluding hydrogens is 460 g/mol. The summed E-state index contributed by atoms with van der Waals surface area (Å²) < 4.78 is 11.3. The van der Waals surface area contributed by atoms with Gasteiger partial charge in [-0.2, -0.15) is 0 Å². The van der Waals surface area contributed by atoms with E-state index in [0.717, 1.165) is 16.8 Å². The smallest absolute Gasteiger partial charge is 0.217 e. The molecule has 2 aromatic carbocycles. The standard InChI is InChI=1S/C32H38N2O3/c1-6-26(35)21-32(30-19-23(16-18-37-7-2)22-33-31(30)36-5)17-15-25(34(3)4)20-29(32)28-14-10-12-24-11-8-9-13-27(24)28/h8-20,22,26,29,35H,6-7,21H2,1-5H3. The fraction of sp³-hybridized carbons (Fsp3) is 0.344. The van der Waals surface area contributed by atoms with E-state index in [1.807, 2.05) is 19.9 Å². The van der Waals surface area contributed by atoms with Crippen LogP contribution in [-0.2, 0) is 10.2 Å². The summed E-state index contributed by atoms with van der Waals surface area (Å²) in [6.07, 6.45) is 12.8. The SMILES string of the molecule is CCOC=Cc1cnc(OC)c(C2(CC(O)CC)C=CC(N(C)C)=CC2c2cccc3ccccc23)c1. The van der Waals surface area contributed by atoms with Gasteiger partial charge in [0.1, 0.15) is 0 Å². The lowest BCUT2D eigenvalue weighted by molar-refractivity contribution is 0.131. The Bertz CT molecular complexity index is 1310. The number of hydrogen-bond acceptors (Lipinski definition) is 5. The van der Waals surface area contributed by atoms with Gasteiger partial charge in [0.2, 0.25) is 5.88 Å². The number of nitrogens with zero attached hydrogens (tertiary/aromatic N) is 2. The Kier molecular flexibility index (Phi) is 8.34. The molecule has 5 nitrogen and oxygen atoms in total. The van der Waals surface area contributed by atoms with Gasteiger partial charge >= 0.3 is 0 Å². The summed E-state index contributed by atoms with van der Waals surface area (Å²) in [5.74, 6) is 0.498. The van der Waals surface area contributed by atoms with Crippen LogP contribution in [0.1, 0.15) is 49.3 Å². The first-order valence-corrected chi connectivity index (χ1v) is 13.0. The van der Waals surface area contributed by atoms with Crippen LogP contribution < -0.4 is 4.74 Å². The summed E-state index contributed by atoms with van der Waals surface area (Å²) >= 11 is 0. The number of methoxy groups -OCH3 is 1. The minimum absolute atomic E-state index is 0.0657. The van der Waals surface area contributed by atoms with E-state index in [-0.39, 0.29) is 5.92 Å². The summed E-state index contributed by atoms with van der Waals surface area (Å²) in [6.45, 7) is 4.58. The monoisotopic (exact) mass is 498 g/mol. The third-order valence-electron chi connectivity index (χ3n) is 7.25. The highest BCUT2D eigenvalue weighted by atomic mass is 16.5. The first kappa shape index (κ1) is 26.5. The van der Waals surface area contributed by atoms with Crippen molar-refractivity contribution in [2.24, 2.45) is 0 Å². The molecule has 0 spiro atoms. The van der Waals surface area contributed by atoms with Gasteiger partial charge in [-0.15, -0.1) is 0 Å². The highest BCUT2D eigenvalue weighted by Crippen LogP contribution is 2.52. The summed E-state index contributed by atoms with van der Waals surface area (Å²) in [5.41, 5.74) is 3.61. The third kappa shape index (κ3) is 5.42. The van der Waals surface area contributed by atoms with Gasteiger partial charge in [0.05, 0.1) is 26.1 Å². The zero-order valence-electron chi connectivity index (χ0n) is 22.5. The Morgan fingerprint density at radius 2 is 1.92 bits per heavy atom. The van der Waals surface area contributed by atoms with Crippen LogP contribution in [0.5, 0.6) is 5.88 Å². The lowest BCUT2D eigenvalue weighted by Crippen LogP contribution is -2.38. The summed E-state index contributed by atoms with van der Waals surface area (Å²) in [5, 5.41) is 13.5. The molecule has 0 bridgehead atoms. The van der Waals surface area contributed by atoms with Crippen molar-refractivity contribution in [2.45, 2.75) is 44.1 Å². The van der Waals surface area contributed by atoms with Crippen LogP contribution in [0.4, 0.5) is 0 Å². The van der Waals surface area contributed by atoms with Crippen molar-refractivity contribution in [3.63, 3.8) is 0 Å².